The van der Waals surface area contributed by atoms with Gasteiger partial charge in [-0.1, -0.05) is 12.1 Å². The number of aliphatic hydroxyl groups is 1. The molecule has 26 heavy (non-hydrogen) atoms. The highest BCUT2D eigenvalue weighted by Gasteiger charge is 2.38. The van der Waals surface area contributed by atoms with E-state index in [2.05, 4.69) is 16.0 Å². The zero-order valence-electron chi connectivity index (χ0n) is 14.7. The predicted octanol–water partition coefficient (Wildman–Crippen LogP) is -0.199. The lowest BCUT2D eigenvalue weighted by atomic mass is 10.0. The number of carbonyl (C=O) groups is 2. The second-order valence-electron chi connectivity index (χ2n) is 6.76. The standard InChI is InChI=1S/C18H25N3O5/c1-25-13-4-2-11(3-5-13)6-14-17(15(22)10-19-14)26-18(24)21-9-12-7-16(23)20-8-12/h2-5,12,14-15,17,19,22H,6-10H2,1H3,(H,20,23)(H,21,24)/t12-,14+,15-,17-/m0/s1. The fourth-order valence-corrected chi connectivity index (χ4v) is 3.34. The second kappa shape index (κ2) is 8.37. The molecule has 0 unspecified atom stereocenters. The van der Waals surface area contributed by atoms with Crippen molar-refractivity contribution in [2.75, 3.05) is 26.7 Å². The topological polar surface area (TPSA) is 109 Å². The van der Waals surface area contributed by atoms with Crippen molar-refractivity contribution in [1.29, 1.82) is 0 Å². The van der Waals surface area contributed by atoms with Crippen LogP contribution in [0.15, 0.2) is 24.3 Å². The number of hydrogen-bond donors (Lipinski definition) is 4. The van der Waals surface area contributed by atoms with Crippen molar-refractivity contribution >= 4 is 12.0 Å². The number of methoxy groups -OCH3 is 1. The quantitative estimate of drug-likeness (QED) is 0.557. The van der Waals surface area contributed by atoms with Crippen LogP contribution < -0.4 is 20.7 Å². The van der Waals surface area contributed by atoms with Gasteiger partial charge in [0.05, 0.1) is 13.2 Å². The average molecular weight is 363 g/mol. The van der Waals surface area contributed by atoms with Gasteiger partial charge in [0.2, 0.25) is 5.91 Å². The summed E-state index contributed by atoms with van der Waals surface area (Å²) in [4.78, 5) is 23.2. The van der Waals surface area contributed by atoms with E-state index in [1.54, 1.807) is 7.11 Å². The van der Waals surface area contributed by atoms with E-state index in [-0.39, 0.29) is 17.9 Å². The molecule has 3 rings (SSSR count). The number of rotatable bonds is 6. The van der Waals surface area contributed by atoms with Gasteiger partial charge in [0, 0.05) is 32.0 Å². The minimum absolute atomic E-state index is 0.000128. The molecule has 2 aliphatic heterocycles. The van der Waals surface area contributed by atoms with Crippen LogP contribution in [-0.2, 0) is 16.0 Å². The fraction of sp³-hybridized carbons (Fsp3) is 0.556. The van der Waals surface area contributed by atoms with Crippen LogP contribution in [0.5, 0.6) is 5.75 Å². The van der Waals surface area contributed by atoms with E-state index in [0.29, 0.717) is 32.5 Å². The van der Waals surface area contributed by atoms with Crippen molar-refractivity contribution in [2.45, 2.75) is 31.1 Å². The van der Waals surface area contributed by atoms with Crippen molar-refractivity contribution in [3.05, 3.63) is 29.8 Å². The van der Waals surface area contributed by atoms with Crippen LogP contribution in [0.4, 0.5) is 4.79 Å². The molecule has 0 saturated carbocycles. The third kappa shape index (κ3) is 4.64. The number of aliphatic hydroxyl groups excluding tert-OH is 1. The van der Waals surface area contributed by atoms with E-state index < -0.39 is 18.3 Å². The Kier molecular flexibility index (Phi) is 5.95. The molecule has 4 N–H and O–H groups in total. The molecule has 1 aromatic rings. The van der Waals surface area contributed by atoms with E-state index >= 15 is 0 Å². The number of β-amino-alcohol motifs (C(OH)–C–C–N with tert-alkyl or cyclic N) is 1. The Balaban J connectivity index is 1.50. The van der Waals surface area contributed by atoms with Gasteiger partial charge in [-0.15, -0.1) is 0 Å². The first-order valence-corrected chi connectivity index (χ1v) is 8.80. The Hall–Kier alpha value is -2.32. The molecule has 2 amide bonds. The molecule has 1 aromatic carbocycles. The molecule has 0 aromatic heterocycles. The molecular formula is C18H25N3O5. The fourth-order valence-electron chi connectivity index (χ4n) is 3.34. The zero-order chi connectivity index (χ0) is 18.5. The summed E-state index contributed by atoms with van der Waals surface area (Å²) in [5.41, 5.74) is 1.06. The highest BCUT2D eigenvalue weighted by molar-refractivity contribution is 5.78. The van der Waals surface area contributed by atoms with Crippen LogP contribution in [0.25, 0.3) is 0 Å². The maximum absolute atomic E-state index is 12.1. The predicted molar refractivity (Wildman–Crippen MR) is 93.9 cm³/mol. The first kappa shape index (κ1) is 18.5. The summed E-state index contributed by atoms with van der Waals surface area (Å²) in [6.07, 6.45) is -0.912. The molecule has 142 valence electrons. The Labute approximate surface area is 152 Å². The van der Waals surface area contributed by atoms with Crippen LogP contribution in [0, 0.1) is 5.92 Å². The molecule has 0 aliphatic carbocycles. The smallest absolute Gasteiger partial charge is 0.407 e. The van der Waals surface area contributed by atoms with Crippen molar-refractivity contribution in [3.63, 3.8) is 0 Å². The highest BCUT2D eigenvalue weighted by Crippen LogP contribution is 2.19. The molecule has 0 spiro atoms. The van der Waals surface area contributed by atoms with Crippen LogP contribution in [-0.4, -0.2) is 62.1 Å². The Bertz CT molecular complexity index is 636. The van der Waals surface area contributed by atoms with Gasteiger partial charge >= 0.3 is 6.09 Å². The van der Waals surface area contributed by atoms with Gasteiger partial charge in [-0.25, -0.2) is 4.79 Å². The number of carbonyl (C=O) groups excluding carboxylic acids is 2. The zero-order valence-corrected chi connectivity index (χ0v) is 14.7. The Morgan fingerprint density at radius 3 is 2.73 bits per heavy atom. The molecule has 4 atom stereocenters. The minimum Gasteiger partial charge on any atom is -0.497 e. The van der Waals surface area contributed by atoms with Crippen molar-refractivity contribution in [2.24, 2.45) is 5.92 Å². The van der Waals surface area contributed by atoms with Crippen LogP contribution in [0.1, 0.15) is 12.0 Å². The van der Waals surface area contributed by atoms with Crippen molar-refractivity contribution < 1.29 is 24.2 Å². The molecule has 2 heterocycles. The summed E-state index contributed by atoms with van der Waals surface area (Å²) in [6, 6.07) is 7.48. The van der Waals surface area contributed by atoms with E-state index in [4.69, 9.17) is 9.47 Å². The normalized spacial score (nSPS) is 27.8. The first-order valence-electron chi connectivity index (χ1n) is 8.80. The number of benzene rings is 1. The monoisotopic (exact) mass is 363 g/mol. The lowest BCUT2D eigenvalue weighted by molar-refractivity contribution is -0.119. The Morgan fingerprint density at radius 1 is 1.31 bits per heavy atom. The summed E-state index contributed by atoms with van der Waals surface area (Å²) in [5.74, 6) is 0.858. The van der Waals surface area contributed by atoms with Gasteiger partial charge in [-0.05, 0) is 24.1 Å². The summed E-state index contributed by atoms with van der Waals surface area (Å²) < 4.78 is 10.6. The van der Waals surface area contributed by atoms with Crippen LogP contribution in [0.2, 0.25) is 0 Å². The number of nitrogens with one attached hydrogen (secondary N) is 3. The largest absolute Gasteiger partial charge is 0.497 e. The molecule has 2 aliphatic rings. The van der Waals surface area contributed by atoms with Crippen LogP contribution >= 0.6 is 0 Å². The van der Waals surface area contributed by atoms with E-state index in [1.807, 2.05) is 24.3 Å². The third-order valence-corrected chi connectivity index (χ3v) is 4.82. The average Bonchev–Trinajstić information content (AvgIpc) is 3.21. The van der Waals surface area contributed by atoms with Gasteiger partial charge in [-0.2, -0.15) is 0 Å². The maximum Gasteiger partial charge on any atom is 0.407 e. The summed E-state index contributed by atoms with van der Waals surface area (Å²) in [5, 5.41) is 18.8. The van der Waals surface area contributed by atoms with Gasteiger partial charge in [-0.3, -0.25) is 4.79 Å². The molecule has 0 radical (unpaired) electrons. The third-order valence-electron chi connectivity index (χ3n) is 4.82. The van der Waals surface area contributed by atoms with Gasteiger partial charge in [0.15, 0.2) is 0 Å². The van der Waals surface area contributed by atoms with Crippen molar-refractivity contribution in [3.8, 4) is 5.75 Å². The lowest BCUT2D eigenvalue weighted by Gasteiger charge is -2.22. The van der Waals surface area contributed by atoms with Gasteiger partial charge in [0.25, 0.3) is 0 Å². The van der Waals surface area contributed by atoms with E-state index in [0.717, 1.165) is 11.3 Å². The molecule has 2 fully saturated rings. The highest BCUT2D eigenvalue weighted by atomic mass is 16.6. The number of hydrogen-bond acceptors (Lipinski definition) is 6. The van der Waals surface area contributed by atoms with Crippen LogP contribution in [0.3, 0.4) is 0 Å². The van der Waals surface area contributed by atoms with E-state index in [1.165, 1.54) is 0 Å². The maximum atomic E-state index is 12.1. The van der Waals surface area contributed by atoms with Crippen molar-refractivity contribution in [1.82, 2.24) is 16.0 Å². The molecule has 8 heteroatoms. The number of alkyl carbamates (subject to hydrolysis) is 1. The summed E-state index contributed by atoms with van der Waals surface area (Å²) >= 11 is 0. The summed E-state index contributed by atoms with van der Waals surface area (Å²) in [7, 11) is 1.61. The Morgan fingerprint density at radius 2 is 2.08 bits per heavy atom. The molecule has 8 nitrogen and oxygen atoms in total. The van der Waals surface area contributed by atoms with Gasteiger partial charge in [0.1, 0.15) is 18.0 Å². The van der Waals surface area contributed by atoms with Gasteiger partial charge < -0.3 is 30.5 Å². The molecular weight excluding hydrogens is 338 g/mol. The molecule has 2 saturated heterocycles. The number of amides is 2. The first-order chi connectivity index (χ1) is 12.5. The second-order valence-corrected chi connectivity index (χ2v) is 6.76. The van der Waals surface area contributed by atoms with E-state index in [9.17, 15) is 14.7 Å². The lowest BCUT2D eigenvalue weighted by Crippen LogP contribution is -2.42. The molecule has 0 bridgehead atoms. The minimum atomic E-state index is -0.751. The SMILES string of the molecule is COc1ccc(C[C@H]2NC[C@H](O)[C@H]2OC(=O)NC[C@@H]2CNC(=O)C2)cc1. The number of ether oxygens (including phenoxy) is 2. The summed E-state index contributed by atoms with van der Waals surface area (Å²) in [6.45, 7) is 1.31.